The number of rotatable bonds is 6. The van der Waals surface area contributed by atoms with Crippen LogP contribution in [-0.2, 0) is 20.1 Å². The van der Waals surface area contributed by atoms with Crippen molar-refractivity contribution in [1.82, 2.24) is 18.7 Å². The molecule has 0 aliphatic carbocycles. The van der Waals surface area contributed by atoms with E-state index < -0.39 is 11.2 Å². The van der Waals surface area contributed by atoms with Crippen LogP contribution in [0.5, 0.6) is 11.5 Å². The molecule has 2 aromatic heterocycles. The maximum atomic E-state index is 12.9. The van der Waals surface area contributed by atoms with Gasteiger partial charge in [-0.1, -0.05) is 17.9 Å². The summed E-state index contributed by atoms with van der Waals surface area (Å²) in [6.07, 6.45) is 7.58. The van der Waals surface area contributed by atoms with Crippen molar-refractivity contribution >= 4 is 11.2 Å². The number of ether oxygens (including phenoxy) is 2. The number of terminal acetylenes is 1. The van der Waals surface area contributed by atoms with Gasteiger partial charge >= 0.3 is 5.69 Å². The molecule has 0 saturated carbocycles. The van der Waals surface area contributed by atoms with Gasteiger partial charge in [-0.05, 0) is 30.5 Å². The molecule has 0 unspecified atom stereocenters. The van der Waals surface area contributed by atoms with Gasteiger partial charge in [-0.2, -0.15) is 0 Å². The molecule has 0 bridgehead atoms. The molecule has 0 amide bonds. The maximum absolute atomic E-state index is 12.9. The van der Waals surface area contributed by atoms with Crippen LogP contribution in [-0.4, -0.2) is 32.9 Å². The summed E-state index contributed by atoms with van der Waals surface area (Å²) >= 11 is 0. The first-order valence-electron chi connectivity index (χ1n) is 9.45. The molecule has 31 heavy (non-hydrogen) atoms. The topological polar surface area (TPSA) is 80.3 Å². The van der Waals surface area contributed by atoms with Gasteiger partial charge in [0.25, 0.3) is 5.56 Å². The molecule has 1 aromatic carbocycles. The second-order valence-corrected chi connectivity index (χ2v) is 6.59. The largest absolute Gasteiger partial charge is 0.493 e. The number of allylic oxidation sites excluding steroid dienone is 1. The van der Waals surface area contributed by atoms with E-state index in [4.69, 9.17) is 15.9 Å². The van der Waals surface area contributed by atoms with Crippen LogP contribution in [0.1, 0.15) is 17.8 Å². The van der Waals surface area contributed by atoms with Crippen LogP contribution in [0, 0.1) is 24.2 Å². The van der Waals surface area contributed by atoms with Crippen LogP contribution < -0.4 is 20.7 Å². The monoisotopic (exact) mass is 418 g/mol. The summed E-state index contributed by atoms with van der Waals surface area (Å²) in [5.41, 5.74) is 0.204. The SMILES string of the molecule is C#CCn1c(=O)c2c(nc(C#Cc3ccc(OC)c(OC)c3)n2C)n(CCC=C)c1=O. The van der Waals surface area contributed by atoms with E-state index in [1.165, 1.54) is 4.57 Å². The van der Waals surface area contributed by atoms with Crippen LogP contribution in [0.25, 0.3) is 11.2 Å². The van der Waals surface area contributed by atoms with E-state index >= 15 is 0 Å². The van der Waals surface area contributed by atoms with Crippen LogP contribution in [0.4, 0.5) is 0 Å². The Kier molecular flexibility index (Phi) is 6.32. The van der Waals surface area contributed by atoms with E-state index in [9.17, 15) is 9.59 Å². The van der Waals surface area contributed by atoms with E-state index in [1.807, 2.05) is 0 Å². The van der Waals surface area contributed by atoms with Crippen molar-refractivity contribution in [1.29, 1.82) is 0 Å². The predicted molar refractivity (Wildman–Crippen MR) is 118 cm³/mol. The normalized spacial score (nSPS) is 10.3. The van der Waals surface area contributed by atoms with Crippen molar-refractivity contribution in [2.75, 3.05) is 14.2 Å². The summed E-state index contributed by atoms with van der Waals surface area (Å²) in [6, 6.07) is 5.29. The third kappa shape index (κ3) is 3.96. The van der Waals surface area contributed by atoms with Gasteiger partial charge in [0.2, 0.25) is 0 Å². The predicted octanol–water partition coefficient (Wildman–Crippen LogP) is 1.52. The zero-order chi connectivity index (χ0) is 22.5. The van der Waals surface area contributed by atoms with Gasteiger partial charge in [0, 0.05) is 19.2 Å². The fraction of sp³-hybridized carbons (Fsp3) is 0.261. The van der Waals surface area contributed by atoms with Gasteiger partial charge in [-0.3, -0.25) is 9.36 Å². The van der Waals surface area contributed by atoms with Crippen molar-refractivity contribution < 1.29 is 9.47 Å². The van der Waals surface area contributed by atoms with Gasteiger partial charge in [-0.25, -0.2) is 14.3 Å². The molecule has 8 heteroatoms. The zero-order valence-corrected chi connectivity index (χ0v) is 17.6. The minimum atomic E-state index is -0.505. The minimum Gasteiger partial charge on any atom is -0.493 e. The zero-order valence-electron chi connectivity index (χ0n) is 17.6. The van der Waals surface area contributed by atoms with Gasteiger partial charge < -0.3 is 14.0 Å². The highest BCUT2D eigenvalue weighted by Crippen LogP contribution is 2.27. The molecule has 0 aliphatic heterocycles. The number of benzene rings is 1. The molecule has 2 heterocycles. The van der Waals surface area contributed by atoms with Crippen molar-refractivity contribution in [3.8, 4) is 35.7 Å². The third-order valence-electron chi connectivity index (χ3n) is 4.75. The molecule has 3 aromatic rings. The summed E-state index contributed by atoms with van der Waals surface area (Å²) in [5.74, 6) is 9.82. The molecule has 0 saturated heterocycles. The molecular weight excluding hydrogens is 396 g/mol. The number of fused-ring (bicyclic) bond motifs is 1. The Morgan fingerprint density at radius 3 is 2.55 bits per heavy atom. The Hall–Kier alpha value is -4.17. The molecule has 0 aliphatic rings. The first-order valence-corrected chi connectivity index (χ1v) is 9.45. The number of aryl methyl sites for hydroxylation is 2. The lowest BCUT2D eigenvalue weighted by atomic mass is 10.2. The number of hydrogen-bond acceptors (Lipinski definition) is 5. The van der Waals surface area contributed by atoms with Gasteiger partial charge in [-0.15, -0.1) is 13.0 Å². The number of aromatic nitrogens is 4. The lowest BCUT2D eigenvalue weighted by Crippen LogP contribution is -2.40. The highest BCUT2D eigenvalue weighted by molar-refractivity contribution is 5.72. The second kappa shape index (κ2) is 9.10. The molecular formula is C23H22N4O4. The van der Waals surface area contributed by atoms with Crippen molar-refractivity contribution in [2.45, 2.75) is 19.5 Å². The Labute approximate surface area is 179 Å². The van der Waals surface area contributed by atoms with Crippen molar-refractivity contribution in [3.63, 3.8) is 0 Å². The maximum Gasteiger partial charge on any atom is 0.333 e. The van der Waals surface area contributed by atoms with Crippen molar-refractivity contribution in [3.05, 3.63) is 63.1 Å². The molecule has 0 atom stereocenters. The first-order chi connectivity index (χ1) is 15.0. The van der Waals surface area contributed by atoms with Crippen LogP contribution in [0.3, 0.4) is 0 Å². The van der Waals surface area contributed by atoms with Crippen LogP contribution in [0.2, 0.25) is 0 Å². The lowest BCUT2D eigenvalue weighted by Gasteiger charge is -2.09. The second-order valence-electron chi connectivity index (χ2n) is 6.59. The standard InChI is InChI=1S/C23H22N4O4/c1-6-8-14-26-21-20(22(28)27(13-7-2)23(26)29)25(3)19(24-21)12-10-16-9-11-17(30-4)18(15-16)31-5/h2,6,9,11,15H,1,8,13-14H2,3-5H3. The van der Waals surface area contributed by atoms with Gasteiger partial charge in [0.15, 0.2) is 28.5 Å². The number of nitrogens with zero attached hydrogens (tertiary/aromatic N) is 4. The number of hydrogen-bond donors (Lipinski definition) is 0. The summed E-state index contributed by atoms with van der Waals surface area (Å²) in [4.78, 5) is 30.2. The smallest absolute Gasteiger partial charge is 0.333 e. The Morgan fingerprint density at radius 1 is 1.16 bits per heavy atom. The fourth-order valence-electron chi connectivity index (χ4n) is 3.17. The third-order valence-corrected chi connectivity index (χ3v) is 4.75. The summed E-state index contributed by atoms with van der Waals surface area (Å²) in [6.45, 7) is 3.89. The average molecular weight is 418 g/mol. The van der Waals surface area contributed by atoms with E-state index in [-0.39, 0.29) is 17.7 Å². The fourth-order valence-corrected chi connectivity index (χ4v) is 3.17. The van der Waals surface area contributed by atoms with Crippen LogP contribution >= 0.6 is 0 Å². The molecule has 3 rings (SSSR count). The molecule has 0 fully saturated rings. The highest BCUT2D eigenvalue weighted by Gasteiger charge is 2.18. The minimum absolute atomic E-state index is 0.125. The quantitative estimate of drug-likeness (QED) is 0.448. The van der Waals surface area contributed by atoms with Gasteiger partial charge in [0.05, 0.1) is 20.8 Å². The Balaban J connectivity index is 2.20. The Bertz CT molecular complexity index is 1370. The summed E-state index contributed by atoms with van der Waals surface area (Å²) in [5, 5.41) is 0. The highest BCUT2D eigenvalue weighted by atomic mass is 16.5. The Morgan fingerprint density at radius 2 is 1.90 bits per heavy atom. The molecule has 0 N–H and O–H groups in total. The van der Waals surface area contributed by atoms with Crippen molar-refractivity contribution in [2.24, 2.45) is 7.05 Å². The molecule has 0 spiro atoms. The van der Waals surface area contributed by atoms with Crippen LogP contribution in [0.15, 0.2) is 40.4 Å². The molecule has 158 valence electrons. The van der Waals surface area contributed by atoms with E-state index in [0.29, 0.717) is 35.9 Å². The molecule has 8 nitrogen and oxygen atoms in total. The van der Waals surface area contributed by atoms with E-state index in [2.05, 4.69) is 29.3 Å². The number of imidazole rings is 1. The average Bonchev–Trinajstić information content (AvgIpc) is 3.11. The molecule has 0 radical (unpaired) electrons. The number of methoxy groups -OCH3 is 2. The summed E-state index contributed by atoms with van der Waals surface area (Å²) in [7, 11) is 4.78. The van der Waals surface area contributed by atoms with Gasteiger partial charge in [0.1, 0.15) is 0 Å². The van der Waals surface area contributed by atoms with E-state index in [0.717, 1.165) is 4.57 Å². The van der Waals surface area contributed by atoms with E-state index in [1.54, 1.807) is 50.1 Å². The first kappa shape index (κ1) is 21.5. The lowest BCUT2D eigenvalue weighted by molar-refractivity contribution is 0.355. The summed E-state index contributed by atoms with van der Waals surface area (Å²) < 4.78 is 14.6.